The number of halogens is 1. The fourth-order valence-electron chi connectivity index (χ4n) is 2.44. The van der Waals surface area contributed by atoms with Crippen molar-refractivity contribution in [1.82, 2.24) is 14.9 Å². The van der Waals surface area contributed by atoms with Crippen LogP contribution in [0.1, 0.15) is 33.4 Å². The Balaban J connectivity index is 2.05. The second kappa shape index (κ2) is 6.28. The monoisotopic (exact) mass is 326 g/mol. The maximum Gasteiger partial charge on any atom is 0.410 e. The third kappa shape index (κ3) is 4.22. The molecule has 0 spiro atoms. The first-order chi connectivity index (χ1) is 10.2. The molecule has 0 aliphatic carbocycles. The maximum atomic E-state index is 12.2. The Kier molecular flexibility index (Phi) is 4.80. The van der Waals surface area contributed by atoms with Crippen LogP contribution in [0.4, 0.5) is 10.6 Å². The van der Waals surface area contributed by atoms with Crippen LogP contribution in [0.2, 0.25) is 5.28 Å². The van der Waals surface area contributed by atoms with Crippen molar-refractivity contribution in [2.24, 2.45) is 0 Å². The van der Waals surface area contributed by atoms with Crippen LogP contribution in [0, 0.1) is 6.92 Å². The summed E-state index contributed by atoms with van der Waals surface area (Å²) >= 11 is 5.92. The van der Waals surface area contributed by atoms with Crippen LogP contribution < -0.4 is 4.90 Å². The van der Waals surface area contributed by atoms with E-state index in [4.69, 9.17) is 16.3 Å². The van der Waals surface area contributed by atoms with Crippen LogP contribution in [0.3, 0.4) is 0 Å². The zero-order chi connectivity index (χ0) is 16.5. The maximum absolute atomic E-state index is 12.2. The lowest BCUT2D eigenvalue weighted by Crippen LogP contribution is -2.55. The predicted octanol–water partition coefficient (Wildman–Crippen LogP) is 2.88. The molecule has 122 valence electrons. The molecule has 2 rings (SSSR count). The van der Waals surface area contributed by atoms with Crippen molar-refractivity contribution in [2.45, 2.75) is 46.3 Å². The zero-order valence-corrected chi connectivity index (χ0v) is 14.5. The number of piperazine rings is 1. The first kappa shape index (κ1) is 16.8. The normalized spacial score (nSPS) is 19.3. The van der Waals surface area contributed by atoms with E-state index in [0.717, 1.165) is 11.5 Å². The number of ether oxygens (including phenoxy) is 1. The summed E-state index contributed by atoms with van der Waals surface area (Å²) in [5.41, 5.74) is 0.350. The van der Waals surface area contributed by atoms with Crippen LogP contribution in [-0.4, -0.2) is 52.2 Å². The standard InChI is InChI=1S/C15H23ClN4O2/c1-10-8-12(18-13(16)17-10)19-6-7-20(11(2)9-19)14(21)22-15(3,4)5/h8,11H,6-7,9H2,1-5H3. The van der Waals surface area contributed by atoms with E-state index in [1.807, 2.05) is 40.7 Å². The number of hydrogen-bond acceptors (Lipinski definition) is 5. The highest BCUT2D eigenvalue weighted by Gasteiger charge is 2.31. The molecule has 1 saturated heterocycles. The average molecular weight is 327 g/mol. The molecule has 22 heavy (non-hydrogen) atoms. The Morgan fingerprint density at radius 2 is 2.05 bits per heavy atom. The first-order valence-corrected chi connectivity index (χ1v) is 7.79. The molecular weight excluding hydrogens is 304 g/mol. The minimum absolute atomic E-state index is 0.0395. The van der Waals surface area contributed by atoms with Crippen LogP contribution in [0.15, 0.2) is 6.07 Å². The highest BCUT2D eigenvalue weighted by molar-refractivity contribution is 6.28. The van der Waals surface area contributed by atoms with Crippen molar-refractivity contribution in [3.63, 3.8) is 0 Å². The second-order valence-corrected chi connectivity index (χ2v) is 6.94. The smallest absolute Gasteiger partial charge is 0.410 e. The first-order valence-electron chi connectivity index (χ1n) is 7.41. The third-order valence-corrected chi connectivity index (χ3v) is 3.56. The molecule has 1 unspecified atom stereocenters. The van der Waals surface area contributed by atoms with Gasteiger partial charge in [0.15, 0.2) is 0 Å². The third-order valence-electron chi connectivity index (χ3n) is 3.39. The van der Waals surface area contributed by atoms with E-state index in [1.165, 1.54) is 0 Å². The lowest BCUT2D eigenvalue weighted by molar-refractivity contribution is 0.0158. The van der Waals surface area contributed by atoms with Gasteiger partial charge in [0.1, 0.15) is 11.4 Å². The molecule has 1 atom stereocenters. The fourth-order valence-corrected chi connectivity index (χ4v) is 2.66. The van der Waals surface area contributed by atoms with Crippen molar-refractivity contribution in [3.8, 4) is 0 Å². The number of hydrogen-bond donors (Lipinski definition) is 0. The summed E-state index contributed by atoms with van der Waals surface area (Å²) in [5, 5.41) is 0.247. The number of aryl methyl sites for hydroxylation is 1. The number of carbonyl (C=O) groups is 1. The number of anilines is 1. The molecule has 2 heterocycles. The van der Waals surface area contributed by atoms with Crippen LogP contribution in [0.25, 0.3) is 0 Å². The topological polar surface area (TPSA) is 58.6 Å². The highest BCUT2D eigenvalue weighted by Crippen LogP contribution is 2.21. The van der Waals surface area contributed by atoms with Crippen molar-refractivity contribution in [1.29, 1.82) is 0 Å². The molecule has 1 aromatic rings. The second-order valence-electron chi connectivity index (χ2n) is 6.61. The van der Waals surface area contributed by atoms with E-state index in [2.05, 4.69) is 14.9 Å². The van der Waals surface area contributed by atoms with Gasteiger partial charge in [0.2, 0.25) is 5.28 Å². The summed E-state index contributed by atoms with van der Waals surface area (Å²) in [5.74, 6) is 0.799. The van der Waals surface area contributed by atoms with Crippen molar-refractivity contribution < 1.29 is 9.53 Å². The van der Waals surface area contributed by atoms with Gasteiger partial charge in [-0.05, 0) is 46.2 Å². The molecular formula is C15H23ClN4O2. The Morgan fingerprint density at radius 1 is 1.36 bits per heavy atom. The summed E-state index contributed by atoms with van der Waals surface area (Å²) in [6, 6.07) is 1.94. The van der Waals surface area contributed by atoms with E-state index in [9.17, 15) is 4.79 Å². The fraction of sp³-hybridized carbons (Fsp3) is 0.667. The van der Waals surface area contributed by atoms with Gasteiger partial charge < -0.3 is 14.5 Å². The minimum atomic E-state index is -0.481. The van der Waals surface area contributed by atoms with Gasteiger partial charge in [0, 0.05) is 37.4 Å². The number of carbonyl (C=O) groups excluding carboxylic acids is 1. The van der Waals surface area contributed by atoms with Crippen molar-refractivity contribution in [3.05, 3.63) is 17.0 Å². The molecule has 7 heteroatoms. The molecule has 0 aromatic carbocycles. The Labute approximate surface area is 136 Å². The molecule has 1 amide bonds. The summed E-state index contributed by atoms with van der Waals surface area (Å²) < 4.78 is 5.45. The van der Waals surface area contributed by atoms with Gasteiger partial charge >= 0.3 is 6.09 Å². The predicted molar refractivity (Wildman–Crippen MR) is 86.4 cm³/mol. The number of amides is 1. The molecule has 0 saturated carbocycles. The quantitative estimate of drug-likeness (QED) is 0.743. The molecule has 1 aromatic heterocycles. The van der Waals surface area contributed by atoms with E-state index < -0.39 is 5.60 Å². The van der Waals surface area contributed by atoms with Gasteiger partial charge in [-0.1, -0.05) is 0 Å². The average Bonchev–Trinajstić information content (AvgIpc) is 2.35. The van der Waals surface area contributed by atoms with E-state index >= 15 is 0 Å². The SMILES string of the molecule is Cc1cc(N2CCN(C(=O)OC(C)(C)C)C(C)C2)nc(Cl)n1. The van der Waals surface area contributed by atoms with Gasteiger partial charge in [0.05, 0.1) is 0 Å². The summed E-state index contributed by atoms with van der Waals surface area (Å²) in [4.78, 5) is 24.4. The largest absolute Gasteiger partial charge is 0.444 e. The van der Waals surface area contributed by atoms with Gasteiger partial charge in [-0.15, -0.1) is 0 Å². The molecule has 1 fully saturated rings. The number of rotatable bonds is 1. The Hall–Kier alpha value is -1.56. The van der Waals surface area contributed by atoms with E-state index in [0.29, 0.717) is 19.6 Å². The van der Waals surface area contributed by atoms with Crippen LogP contribution in [0.5, 0.6) is 0 Å². The van der Waals surface area contributed by atoms with Crippen molar-refractivity contribution in [2.75, 3.05) is 24.5 Å². The van der Waals surface area contributed by atoms with E-state index in [-0.39, 0.29) is 17.4 Å². The Morgan fingerprint density at radius 3 is 2.59 bits per heavy atom. The number of nitrogens with zero attached hydrogens (tertiary/aromatic N) is 4. The Bertz CT molecular complexity index is 539. The molecule has 0 N–H and O–H groups in total. The minimum Gasteiger partial charge on any atom is -0.444 e. The molecule has 1 aliphatic heterocycles. The molecule has 0 bridgehead atoms. The molecule has 6 nitrogen and oxygen atoms in total. The van der Waals surface area contributed by atoms with Gasteiger partial charge in [-0.3, -0.25) is 0 Å². The van der Waals surface area contributed by atoms with Crippen molar-refractivity contribution >= 4 is 23.5 Å². The zero-order valence-electron chi connectivity index (χ0n) is 13.8. The van der Waals surface area contributed by atoms with Crippen LogP contribution >= 0.6 is 11.6 Å². The van der Waals surface area contributed by atoms with Gasteiger partial charge in [-0.25, -0.2) is 14.8 Å². The highest BCUT2D eigenvalue weighted by atomic mass is 35.5. The van der Waals surface area contributed by atoms with Gasteiger partial charge in [0.25, 0.3) is 0 Å². The summed E-state index contributed by atoms with van der Waals surface area (Å²) in [6.45, 7) is 11.5. The van der Waals surface area contributed by atoms with E-state index in [1.54, 1.807) is 4.90 Å². The van der Waals surface area contributed by atoms with Gasteiger partial charge in [-0.2, -0.15) is 0 Å². The summed E-state index contributed by atoms with van der Waals surface area (Å²) in [6.07, 6.45) is -0.267. The lowest BCUT2D eigenvalue weighted by atomic mass is 10.2. The van der Waals surface area contributed by atoms with Crippen LogP contribution in [-0.2, 0) is 4.74 Å². The molecule has 1 aliphatic rings. The lowest BCUT2D eigenvalue weighted by Gasteiger charge is -2.40. The number of aromatic nitrogens is 2. The molecule has 0 radical (unpaired) electrons. The summed E-state index contributed by atoms with van der Waals surface area (Å²) in [7, 11) is 0.